The maximum absolute atomic E-state index is 11.4. The molecule has 5 nitrogen and oxygen atoms in total. The molecule has 0 saturated carbocycles. The monoisotopic (exact) mass is 279 g/mol. The average molecular weight is 279 g/mol. The van der Waals surface area contributed by atoms with Crippen molar-refractivity contribution in [3.8, 4) is 5.75 Å². The summed E-state index contributed by atoms with van der Waals surface area (Å²) in [7, 11) is 1.63. The highest BCUT2D eigenvalue weighted by Gasteiger charge is 2.34. The molecule has 1 heterocycles. The van der Waals surface area contributed by atoms with E-state index in [2.05, 4.69) is 6.92 Å². The fraction of sp³-hybridized carbons (Fsp3) is 0.533. The van der Waals surface area contributed by atoms with Crippen LogP contribution in [0, 0.1) is 0 Å². The first-order valence-corrected chi connectivity index (χ1v) is 6.87. The molecule has 1 aliphatic heterocycles. The van der Waals surface area contributed by atoms with Crippen molar-refractivity contribution >= 4 is 5.97 Å². The van der Waals surface area contributed by atoms with E-state index in [-0.39, 0.29) is 12.6 Å². The van der Waals surface area contributed by atoms with Crippen LogP contribution in [0.25, 0.3) is 0 Å². The summed E-state index contributed by atoms with van der Waals surface area (Å²) in [5.74, 6) is -0.0166. The van der Waals surface area contributed by atoms with Crippen LogP contribution in [0.4, 0.5) is 0 Å². The number of morpholine rings is 1. The fourth-order valence-corrected chi connectivity index (χ4v) is 2.69. The molecule has 1 fully saturated rings. The molecule has 0 bridgehead atoms. The van der Waals surface area contributed by atoms with Gasteiger partial charge >= 0.3 is 5.97 Å². The molecule has 0 aliphatic carbocycles. The molecule has 1 aliphatic rings. The van der Waals surface area contributed by atoms with Gasteiger partial charge in [0.1, 0.15) is 11.8 Å². The average Bonchev–Trinajstić information content (AvgIpc) is 2.49. The third-order valence-corrected chi connectivity index (χ3v) is 3.74. The van der Waals surface area contributed by atoms with E-state index in [1.807, 2.05) is 29.2 Å². The fourth-order valence-electron chi connectivity index (χ4n) is 2.69. The molecule has 0 spiro atoms. The largest absolute Gasteiger partial charge is 0.497 e. The number of aliphatic carboxylic acids is 1. The second-order valence-corrected chi connectivity index (χ2v) is 4.86. The Morgan fingerprint density at radius 1 is 1.50 bits per heavy atom. The Balaban J connectivity index is 2.22. The van der Waals surface area contributed by atoms with Gasteiger partial charge in [0.2, 0.25) is 0 Å². The van der Waals surface area contributed by atoms with E-state index in [4.69, 9.17) is 9.47 Å². The number of rotatable bonds is 5. The van der Waals surface area contributed by atoms with E-state index in [1.165, 1.54) is 0 Å². The molecule has 2 atom stereocenters. The predicted molar refractivity (Wildman–Crippen MR) is 75.0 cm³/mol. The lowest BCUT2D eigenvalue weighted by Gasteiger charge is -2.38. The van der Waals surface area contributed by atoms with E-state index >= 15 is 0 Å². The Hall–Kier alpha value is -1.59. The van der Waals surface area contributed by atoms with Gasteiger partial charge in [0, 0.05) is 12.6 Å². The maximum atomic E-state index is 11.4. The Labute approximate surface area is 119 Å². The molecule has 1 N–H and O–H groups in total. The van der Waals surface area contributed by atoms with Crippen molar-refractivity contribution in [3.63, 3.8) is 0 Å². The second kappa shape index (κ2) is 6.72. The highest BCUT2D eigenvalue weighted by Crippen LogP contribution is 2.29. The van der Waals surface area contributed by atoms with E-state index in [0.717, 1.165) is 17.7 Å². The molecule has 1 saturated heterocycles. The third-order valence-electron chi connectivity index (χ3n) is 3.74. The Kier molecular flexibility index (Phi) is 4.98. The van der Waals surface area contributed by atoms with Gasteiger partial charge in [-0.05, 0) is 24.1 Å². The minimum Gasteiger partial charge on any atom is -0.497 e. The van der Waals surface area contributed by atoms with Gasteiger partial charge in [0.05, 0.1) is 20.3 Å². The van der Waals surface area contributed by atoms with Gasteiger partial charge in [-0.3, -0.25) is 9.69 Å². The first-order valence-electron chi connectivity index (χ1n) is 6.87. The number of hydrogen-bond acceptors (Lipinski definition) is 4. The molecule has 2 rings (SSSR count). The first-order chi connectivity index (χ1) is 9.67. The van der Waals surface area contributed by atoms with E-state index < -0.39 is 12.0 Å². The number of carbonyl (C=O) groups is 1. The van der Waals surface area contributed by atoms with E-state index in [0.29, 0.717) is 13.2 Å². The van der Waals surface area contributed by atoms with Crippen LogP contribution in [0.15, 0.2) is 24.3 Å². The molecular formula is C15H21NO4. The predicted octanol–water partition coefficient (Wildman–Crippen LogP) is 1.93. The van der Waals surface area contributed by atoms with E-state index in [1.54, 1.807) is 7.11 Å². The van der Waals surface area contributed by atoms with Crippen molar-refractivity contribution in [2.24, 2.45) is 0 Å². The number of hydrogen-bond donors (Lipinski definition) is 1. The summed E-state index contributed by atoms with van der Waals surface area (Å²) in [6, 6.07) is 7.34. The quantitative estimate of drug-likeness (QED) is 0.892. The number of nitrogens with zero attached hydrogens (tertiary/aromatic N) is 1. The van der Waals surface area contributed by atoms with Crippen LogP contribution in [0.5, 0.6) is 5.75 Å². The van der Waals surface area contributed by atoms with Gasteiger partial charge in [0.15, 0.2) is 0 Å². The number of carboxylic acid groups (broad SMARTS) is 1. The summed E-state index contributed by atoms with van der Waals surface area (Å²) < 4.78 is 10.5. The topological polar surface area (TPSA) is 59.0 Å². The minimum atomic E-state index is -0.823. The second-order valence-electron chi connectivity index (χ2n) is 4.86. The molecule has 1 aromatic carbocycles. The number of carboxylic acids is 1. The van der Waals surface area contributed by atoms with Gasteiger partial charge in [-0.2, -0.15) is 0 Å². The summed E-state index contributed by atoms with van der Waals surface area (Å²) in [4.78, 5) is 13.4. The zero-order chi connectivity index (χ0) is 14.5. The molecule has 20 heavy (non-hydrogen) atoms. The molecular weight excluding hydrogens is 258 g/mol. The van der Waals surface area contributed by atoms with E-state index in [9.17, 15) is 9.90 Å². The van der Waals surface area contributed by atoms with Gasteiger partial charge < -0.3 is 14.6 Å². The van der Waals surface area contributed by atoms with Crippen molar-refractivity contribution in [2.75, 3.05) is 26.9 Å². The Morgan fingerprint density at radius 2 is 2.20 bits per heavy atom. The summed E-state index contributed by atoms with van der Waals surface area (Å²) in [5.41, 5.74) is 1.11. The molecule has 1 aromatic rings. The zero-order valence-electron chi connectivity index (χ0n) is 11.9. The van der Waals surface area contributed by atoms with Crippen LogP contribution >= 0.6 is 0 Å². The number of benzene rings is 1. The standard InChI is InChI=1S/C15H21NO4/c1-3-13(11-4-6-12(19-2)7-5-11)16-8-9-20-10-14(16)15(17)18/h4-7,13-14H,3,8-10H2,1-2H3,(H,17,18). The van der Waals surface area contributed by atoms with Crippen molar-refractivity contribution in [1.82, 2.24) is 4.90 Å². The summed E-state index contributed by atoms with van der Waals surface area (Å²) in [6.07, 6.45) is 0.857. The normalized spacial score (nSPS) is 21.4. The van der Waals surface area contributed by atoms with Crippen molar-refractivity contribution in [3.05, 3.63) is 29.8 Å². The number of methoxy groups -OCH3 is 1. The molecule has 0 amide bonds. The highest BCUT2D eigenvalue weighted by molar-refractivity contribution is 5.73. The smallest absolute Gasteiger partial charge is 0.323 e. The van der Waals surface area contributed by atoms with Crippen LogP contribution in [0.3, 0.4) is 0 Å². The zero-order valence-corrected chi connectivity index (χ0v) is 11.9. The highest BCUT2D eigenvalue weighted by atomic mass is 16.5. The minimum absolute atomic E-state index is 0.0888. The lowest BCUT2D eigenvalue weighted by molar-refractivity contribution is -0.151. The summed E-state index contributed by atoms with van der Waals surface area (Å²) in [5, 5.41) is 9.34. The van der Waals surface area contributed by atoms with Gasteiger partial charge in [-0.25, -0.2) is 0 Å². The van der Waals surface area contributed by atoms with Crippen molar-refractivity contribution < 1.29 is 19.4 Å². The number of ether oxygens (including phenoxy) is 2. The maximum Gasteiger partial charge on any atom is 0.323 e. The van der Waals surface area contributed by atoms with Crippen molar-refractivity contribution in [2.45, 2.75) is 25.4 Å². The van der Waals surface area contributed by atoms with Crippen LogP contribution in [0.1, 0.15) is 24.9 Å². The molecule has 110 valence electrons. The van der Waals surface area contributed by atoms with Gasteiger partial charge in [-0.15, -0.1) is 0 Å². The van der Waals surface area contributed by atoms with Gasteiger partial charge in [-0.1, -0.05) is 19.1 Å². The Bertz CT molecular complexity index is 446. The third kappa shape index (κ3) is 3.11. The molecule has 0 radical (unpaired) electrons. The molecule has 2 unspecified atom stereocenters. The summed E-state index contributed by atoms with van der Waals surface area (Å²) in [6.45, 7) is 3.54. The lowest BCUT2D eigenvalue weighted by Crippen LogP contribution is -2.51. The molecule has 0 aromatic heterocycles. The SMILES string of the molecule is CCC(c1ccc(OC)cc1)N1CCOCC1C(=O)O. The van der Waals surface area contributed by atoms with Crippen molar-refractivity contribution in [1.29, 1.82) is 0 Å². The van der Waals surface area contributed by atoms with Crippen LogP contribution in [-0.4, -0.2) is 48.9 Å². The Morgan fingerprint density at radius 3 is 2.75 bits per heavy atom. The van der Waals surface area contributed by atoms with Crippen LogP contribution in [0.2, 0.25) is 0 Å². The molecule has 5 heteroatoms. The van der Waals surface area contributed by atoms with Crippen LogP contribution in [-0.2, 0) is 9.53 Å². The summed E-state index contributed by atoms with van der Waals surface area (Å²) >= 11 is 0. The first kappa shape index (κ1) is 14.8. The van der Waals surface area contributed by atoms with Gasteiger partial charge in [0.25, 0.3) is 0 Å². The lowest BCUT2D eigenvalue weighted by atomic mass is 10.00. The van der Waals surface area contributed by atoms with Crippen LogP contribution < -0.4 is 4.74 Å².